The van der Waals surface area contributed by atoms with Gasteiger partial charge < -0.3 is 34.2 Å². The zero-order valence-electron chi connectivity index (χ0n) is 71.5. The van der Waals surface area contributed by atoms with E-state index >= 15 is 0 Å². The number of aliphatic hydroxyl groups is 2. The number of hydrogen-bond donors (Lipinski definition) is 4. The lowest BCUT2D eigenvalue weighted by atomic mass is 10.0. The molecule has 0 radical (unpaired) electrons. The van der Waals surface area contributed by atoms with Gasteiger partial charge in [0.05, 0.1) is 26.4 Å². The molecule has 0 saturated carbocycles. The first kappa shape index (κ1) is 108. The second-order valence-corrected chi connectivity index (χ2v) is 32.9. The molecular weight excluding hydrogens is 1460 g/mol. The fourth-order valence-corrected chi connectivity index (χ4v) is 13.8. The summed E-state index contributed by atoms with van der Waals surface area (Å²) in [4.78, 5) is 58.9. The summed E-state index contributed by atoms with van der Waals surface area (Å²) >= 11 is 0. The first-order chi connectivity index (χ1) is 55.2. The van der Waals surface area contributed by atoms with Crippen LogP contribution in [0, 0.1) is 0 Å². The number of ether oxygens (including phenoxy) is 3. The van der Waals surface area contributed by atoms with E-state index in [-0.39, 0.29) is 19.3 Å². The molecule has 650 valence electrons. The van der Waals surface area contributed by atoms with Gasteiger partial charge in [-0.25, -0.2) is 9.13 Å². The lowest BCUT2D eigenvalue weighted by Gasteiger charge is -2.21. The van der Waals surface area contributed by atoms with Crippen LogP contribution >= 0.6 is 15.6 Å². The summed E-state index contributed by atoms with van der Waals surface area (Å²) in [5.41, 5.74) is 0. The Morgan fingerprint density at radius 3 is 0.752 bits per heavy atom. The maximum absolute atomic E-state index is 13.0. The first-order valence-electron chi connectivity index (χ1n) is 45.1. The second kappa shape index (κ2) is 86.8. The van der Waals surface area contributed by atoms with Crippen molar-refractivity contribution in [1.82, 2.24) is 0 Å². The van der Waals surface area contributed by atoms with E-state index < -0.39 is 91.5 Å². The number of hydrogen-bond acceptors (Lipinski definition) is 14. The fraction of sp³-hybridized carbons (Fsp3) is 0.716. The molecule has 0 aromatic carbocycles. The molecule has 0 heterocycles. The molecule has 0 rings (SSSR count). The molecule has 0 aromatic rings. The molecule has 16 nitrogen and oxygen atoms in total. The third-order valence-corrected chi connectivity index (χ3v) is 20.9. The Kier molecular flexibility index (Phi) is 83.3. The summed E-state index contributed by atoms with van der Waals surface area (Å²) in [5, 5.41) is 20.7. The summed E-state index contributed by atoms with van der Waals surface area (Å²) in [6, 6.07) is 0. The molecule has 5 atom stereocenters. The molecule has 0 spiro atoms. The Balaban J connectivity index is 4.47. The Hall–Kier alpha value is -4.57. The van der Waals surface area contributed by atoms with Gasteiger partial charge in [0.1, 0.15) is 25.4 Å². The van der Waals surface area contributed by atoms with Crippen LogP contribution in [0.5, 0.6) is 0 Å². The quantitative estimate of drug-likeness (QED) is 0.0146. The topological polar surface area (TPSA) is 231 Å². The number of esters is 3. The molecule has 0 aliphatic rings. The lowest BCUT2D eigenvalue weighted by molar-refractivity contribution is -0.161. The summed E-state index contributed by atoms with van der Waals surface area (Å²) in [7, 11) is -9.80. The second-order valence-electron chi connectivity index (χ2n) is 30.0. The van der Waals surface area contributed by atoms with Crippen LogP contribution in [0.1, 0.15) is 380 Å². The zero-order chi connectivity index (χ0) is 82.2. The number of carbonyl (C=O) groups is 3. The molecule has 18 heteroatoms. The highest BCUT2D eigenvalue weighted by Crippen LogP contribution is 2.45. The van der Waals surface area contributed by atoms with Crippen molar-refractivity contribution in [2.24, 2.45) is 0 Å². The van der Waals surface area contributed by atoms with Crippen LogP contribution in [0.15, 0.2) is 146 Å². The summed E-state index contributed by atoms with van der Waals surface area (Å²) < 4.78 is 61.4. The lowest BCUT2D eigenvalue weighted by Crippen LogP contribution is -2.30. The van der Waals surface area contributed by atoms with Gasteiger partial charge in [-0.1, -0.05) is 366 Å². The van der Waals surface area contributed by atoms with Gasteiger partial charge in [0.25, 0.3) is 0 Å². The minimum absolute atomic E-state index is 0.0926. The van der Waals surface area contributed by atoms with Gasteiger partial charge in [-0.3, -0.25) is 32.5 Å². The van der Waals surface area contributed by atoms with Crippen LogP contribution in [0.2, 0.25) is 0 Å². The smallest absolute Gasteiger partial charge is 0.463 e. The summed E-state index contributed by atoms with van der Waals surface area (Å²) in [6.07, 6.45) is 109. The van der Waals surface area contributed by atoms with Crippen molar-refractivity contribution in [2.75, 3.05) is 39.6 Å². The van der Waals surface area contributed by atoms with Crippen molar-refractivity contribution in [3.05, 3.63) is 146 Å². The molecule has 0 fully saturated rings. The third kappa shape index (κ3) is 88.1. The van der Waals surface area contributed by atoms with E-state index in [0.717, 1.165) is 161 Å². The Morgan fingerprint density at radius 2 is 0.469 bits per heavy atom. The van der Waals surface area contributed by atoms with Crippen LogP contribution in [-0.4, -0.2) is 95.9 Å². The molecule has 0 aromatic heterocycles. The first-order valence-corrected chi connectivity index (χ1v) is 48.1. The van der Waals surface area contributed by atoms with Crippen LogP contribution in [-0.2, 0) is 55.8 Å². The van der Waals surface area contributed by atoms with Crippen molar-refractivity contribution in [3.63, 3.8) is 0 Å². The molecule has 4 N–H and O–H groups in total. The van der Waals surface area contributed by atoms with Crippen molar-refractivity contribution in [2.45, 2.75) is 399 Å². The van der Waals surface area contributed by atoms with E-state index in [0.29, 0.717) is 19.3 Å². The highest BCUT2D eigenvalue weighted by atomic mass is 31.2. The number of phosphoric acid groups is 2. The van der Waals surface area contributed by atoms with Gasteiger partial charge in [-0.15, -0.1) is 0 Å². The maximum Gasteiger partial charge on any atom is 0.472 e. The molecule has 0 bridgehead atoms. The molecular formula is C95H164O16P2. The zero-order valence-corrected chi connectivity index (χ0v) is 73.3. The molecule has 0 aliphatic heterocycles. The summed E-state index contributed by atoms with van der Waals surface area (Å²) in [6.45, 7) is 2.48. The number of allylic oxidation sites excluding steroid dienone is 24. The number of phosphoric ester groups is 2. The van der Waals surface area contributed by atoms with E-state index in [1.807, 2.05) is 0 Å². The normalized spacial score (nSPS) is 14.5. The van der Waals surface area contributed by atoms with Crippen molar-refractivity contribution in [1.29, 1.82) is 0 Å². The highest BCUT2D eigenvalue weighted by Gasteiger charge is 2.29. The molecule has 0 amide bonds. The predicted octanol–water partition coefficient (Wildman–Crippen LogP) is 27.6. The predicted molar refractivity (Wildman–Crippen MR) is 473 cm³/mol. The van der Waals surface area contributed by atoms with Crippen LogP contribution < -0.4 is 0 Å². The molecule has 113 heavy (non-hydrogen) atoms. The number of unbranched alkanes of at least 4 members (excludes halogenated alkanes) is 38. The Bertz CT molecular complexity index is 2630. The van der Waals surface area contributed by atoms with Gasteiger partial charge in [-0.05, 0) is 141 Å². The highest BCUT2D eigenvalue weighted by molar-refractivity contribution is 7.47. The van der Waals surface area contributed by atoms with E-state index in [1.54, 1.807) is 0 Å². The number of carbonyl (C=O) groups excluding carboxylic acids is 3. The van der Waals surface area contributed by atoms with E-state index in [1.165, 1.54) is 161 Å². The molecule has 0 aliphatic carbocycles. The van der Waals surface area contributed by atoms with Crippen LogP contribution in [0.4, 0.5) is 0 Å². The summed E-state index contributed by atoms with van der Waals surface area (Å²) in [5.74, 6) is -1.58. The molecule has 5 unspecified atom stereocenters. The van der Waals surface area contributed by atoms with Gasteiger partial charge in [0, 0.05) is 19.3 Å². The van der Waals surface area contributed by atoms with Crippen LogP contribution in [0.3, 0.4) is 0 Å². The maximum atomic E-state index is 13.0. The average Bonchev–Trinajstić information content (AvgIpc) is 0.899. The Morgan fingerprint density at radius 1 is 0.257 bits per heavy atom. The monoisotopic (exact) mass is 1620 g/mol. The Labute approximate surface area is 689 Å². The number of rotatable bonds is 85. The van der Waals surface area contributed by atoms with Gasteiger partial charge in [0.15, 0.2) is 6.10 Å². The third-order valence-electron chi connectivity index (χ3n) is 19.0. The molecule has 0 saturated heterocycles. The van der Waals surface area contributed by atoms with E-state index in [9.17, 15) is 43.5 Å². The van der Waals surface area contributed by atoms with Gasteiger partial charge in [-0.2, -0.15) is 0 Å². The fourth-order valence-electron chi connectivity index (χ4n) is 12.2. The number of aliphatic hydroxyl groups excluding tert-OH is 2. The van der Waals surface area contributed by atoms with Crippen molar-refractivity contribution < 1.29 is 75.8 Å². The van der Waals surface area contributed by atoms with Gasteiger partial charge in [0.2, 0.25) is 0 Å². The van der Waals surface area contributed by atoms with E-state index in [4.69, 9.17) is 32.3 Å². The van der Waals surface area contributed by atoms with E-state index in [2.05, 4.69) is 167 Å². The largest absolute Gasteiger partial charge is 0.472 e. The average molecular weight is 1620 g/mol. The van der Waals surface area contributed by atoms with Crippen LogP contribution in [0.25, 0.3) is 0 Å². The minimum Gasteiger partial charge on any atom is -0.463 e. The SMILES string of the molecule is CC/C=C\C/C=C\C/C=C\C/C=C\C/C=C\C/C=C\CCCCCCCCCCCCC(=O)OCC(COP(=O)(O)OCC(O)COP(=O)(O)OCC(O)COC(=O)CCCCCCCCCCCCCCCCCCC/C=C\C/C=C\C/C=C\C/C=C\C/C=C\CC)OC(=O)CCCCCCC/C=C\CCCCCCCC. The van der Waals surface area contributed by atoms with Crippen molar-refractivity contribution >= 4 is 33.6 Å². The van der Waals surface area contributed by atoms with Gasteiger partial charge >= 0.3 is 33.6 Å². The standard InChI is InChI=1S/C95H164O16P2/c1-4-7-10-13-16-19-22-25-28-30-32-34-36-38-40-42-43-44-45-47-49-50-52-54-56-58-61-63-66-69-72-75-78-81-93(98)105-84-90(96)85-107-112(101,102)108-86-91(97)87-109-113(103,104)110-89-92(111-95(100)83-80-77-74-71-68-65-60-27-24-21-18-15-12-9-6-3)88-106-94(99)82-79-76-73-70-67-64-62-59-57-55-53-51-48-46-41-39-37-35-33-31-29-26-23-20-17-14-11-8-5-2/h7-8,10-11,16-17,19-20,25-29,32-35,38-41,48,51,60,90-92,96-97H,4-6,9,12-15,18,21-24,30-31,36-37,42-47,49-50,52-59,61-89H2,1-3H3,(H,101,102)(H,103,104)/b10-7-,11-8-,19-16-,20-17-,28-25-,29-26-,34-32-,35-33-,40-38-,41-39-,51-48-,60-27-. The van der Waals surface area contributed by atoms with Crippen molar-refractivity contribution in [3.8, 4) is 0 Å². The minimum atomic E-state index is -4.94.